The van der Waals surface area contributed by atoms with E-state index >= 15 is 0 Å². The fourth-order valence-corrected chi connectivity index (χ4v) is 4.93. The van der Waals surface area contributed by atoms with E-state index < -0.39 is 0 Å². The summed E-state index contributed by atoms with van der Waals surface area (Å²) >= 11 is 1.29. The summed E-state index contributed by atoms with van der Waals surface area (Å²) in [5, 5.41) is 8.79. The predicted octanol–water partition coefficient (Wildman–Crippen LogP) is 5.51. The highest BCUT2D eigenvalue weighted by atomic mass is 32.2. The van der Waals surface area contributed by atoms with Crippen molar-refractivity contribution >= 4 is 34.3 Å². The fourth-order valence-electron chi connectivity index (χ4n) is 4.10. The molecule has 35 heavy (non-hydrogen) atoms. The van der Waals surface area contributed by atoms with E-state index in [4.69, 9.17) is 4.98 Å². The number of unbranched alkanes of at least 4 members (excludes halogenated alkanes) is 3. The van der Waals surface area contributed by atoms with Gasteiger partial charge in [0.15, 0.2) is 5.16 Å². The molecule has 0 saturated heterocycles. The second-order valence-electron chi connectivity index (χ2n) is 8.56. The van der Waals surface area contributed by atoms with Crippen molar-refractivity contribution in [2.24, 2.45) is 0 Å². The number of para-hydroxylation sites is 2. The second kappa shape index (κ2) is 11.4. The minimum atomic E-state index is -0.159. The lowest BCUT2D eigenvalue weighted by Gasteiger charge is -2.13. The van der Waals surface area contributed by atoms with Gasteiger partial charge in [-0.15, -0.1) is 0 Å². The molecule has 4 aromatic rings. The molecule has 2 aromatic carbocycles. The molecule has 0 atom stereocenters. The van der Waals surface area contributed by atoms with Crippen molar-refractivity contribution in [1.82, 2.24) is 19.3 Å². The molecular weight excluding hydrogens is 458 g/mol. The topological polar surface area (TPSA) is 81.8 Å². The van der Waals surface area contributed by atoms with Gasteiger partial charge in [0.2, 0.25) is 5.91 Å². The van der Waals surface area contributed by atoms with Gasteiger partial charge in [-0.2, -0.15) is 5.10 Å². The number of benzene rings is 2. The normalized spacial score (nSPS) is 11.2. The number of carbonyl (C=O) groups is 1. The van der Waals surface area contributed by atoms with Crippen molar-refractivity contribution in [3.05, 3.63) is 76.3 Å². The molecule has 7 nitrogen and oxygen atoms in total. The molecule has 1 amide bonds. The zero-order valence-corrected chi connectivity index (χ0v) is 21.3. The fraction of sp³-hybridized carbons (Fsp3) is 0.333. The summed E-state index contributed by atoms with van der Waals surface area (Å²) < 4.78 is 3.55. The highest BCUT2D eigenvalue weighted by Gasteiger charge is 2.17. The van der Waals surface area contributed by atoms with Crippen LogP contribution in [0.5, 0.6) is 0 Å². The van der Waals surface area contributed by atoms with Crippen molar-refractivity contribution in [2.75, 3.05) is 11.1 Å². The monoisotopic (exact) mass is 489 g/mol. The van der Waals surface area contributed by atoms with Gasteiger partial charge >= 0.3 is 0 Å². The molecule has 4 rings (SSSR count). The Balaban J connectivity index is 1.52. The first-order chi connectivity index (χ1) is 17.0. The van der Waals surface area contributed by atoms with Gasteiger partial charge in [-0.05, 0) is 44.5 Å². The van der Waals surface area contributed by atoms with Crippen molar-refractivity contribution in [2.45, 2.75) is 58.2 Å². The zero-order valence-electron chi connectivity index (χ0n) is 20.5. The molecule has 8 heteroatoms. The van der Waals surface area contributed by atoms with Crippen LogP contribution in [-0.2, 0) is 11.3 Å². The lowest BCUT2D eigenvalue weighted by molar-refractivity contribution is -0.113. The van der Waals surface area contributed by atoms with E-state index in [9.17, 15) is 9.59 Å². The predicted molar refractivity (Wildman–Crippen MR) is 143 cm³/mol. The number of aromatic nitrogens is 4. The Morgan fingerprint density at radius 1 is 1.00 bits per heavy atom. The van der Waals surface area contributed by atoms with E-state index in [1.807, 2.05) is 73.1 Å². The van der Waals surface area contributed by atoms with E-state index in [0.29, 0.717) is 28.3 Å². The average molecular weight is 490 g/mol. The lowest BCUT2D eigenvalue weighted by atomic mass is 10.2. The molecule has 0 spiro atoms. The number of rotatable bonds is 10. The molecule has 0 radical (unpaired) electrons. The third kappa shape index (κ3) is 5.65. The first kappa shape index (κ1) is 24.7. The number of nitrogens with one attached hydrogen (secondary N) is 1. The molecule has 0 aliphatic carbocycles. The zero-order chi connectivity index (χ0) is 24.8. The summed E-state index contributed by atoms with van der Waals surface area (Å²) in [5.41, 5.74) is 3.87. The van der Waals surface area contributed by atoms with Gasteiger partial charge in [0.05, 0.1) is 39.4 Å². The first-order valence-electron chi connectivity index (χ1n) is 12.0. The van der Waals surface area contributed by atoms with E-state index in [1.165, 1.54) is 11.8 Å². The van der Waals surface area contributed by atoms with Gasteiger partial charge in [0, 0.05) is 6.54 Å². The summed E-state index contributed by atoms with van der Waals surface area (Å²) in [6.07, 6.45) is 4.23. The molecule has 0 aliphatic heterocycles. The van der Waals surface area contributed by atoms with Gasteiger partial charge in [-0.3, -0.25) is 14.2 Å². The molecule has 1 N–H and O–H groups in total. The molecule has 0 aliphatic rings. The average Bonchev–Trinajstić information content (AvgIpc) is 3.15. The van der Waals surface area contributed by atoms with Crippen molar-refractivity contribution < 1.29 is 4.79 Å². The minimum Gasteiger partial charge on any atom is -0.322 e. The van der Waals surface area contributed by atoms with Crippen molar-refractivity contribution in [3.63, 3.8) is 0 Å². The minimum absolute atomic E-state index is 0.0502. The van der Waals surface area contributed by atoms with E-state index in [-0.39, 0.29) is 17.2 Å². The number of aryl methyl sites for hydroxylation is 1. The molecule has 0 saturated carbocycles. The highest BCUT2D eigenvalue weighted by Crippen LogP contribution is 2.24. The number of carbonyl (C=O) groups excluding carboxylic acids is 1. The number of thioether (sulfide) groups is 1. The summed E-state index contributed by atoms with van der Waals surface area (Å²) in [7, 11) is 0. The third-order valence-corrected chi connectivity index (χ3v) is 6.93. The van der Waals surface area contributed by atoms with Crippen molar-refractivity contribution in [1.29, 1.82) is 0 Å². The standard InChI is InChI=1S/C27H31N5O2S/c1-4-5-6-12-17-31-26(34)22-15-10-11-16-23(22)28-27(31)35-18-24(33)29-25-19(2)30-32(20(25)3)21-13-8-7-9-14-21/h7-11,13-16H,4-6,12,17-18H2,1-3H3,(H,29,33). The van der Waals surface area contributed by atoms with Gasteiger partial charge in [0.1, 0.15) is 0 Å². The molecule has 2 heterocycles. The smallest absolute Gasteiger partial charge is 0.262 e. The van der Waals surface area contributed by atoms with Crippen LogP contribution in [0.2, 0.25) is 0 Å². The Morgan fingerprint density at radius 2 is 1.74 bits per heavy atom. The maximum Gasteiger partial charge on any atom is 0.262 e. The van der Waals surface area contributed by atoms with E-state index in [0.717, 1.165) is 42.8 Å². The largest absolute Gasteiger partial charge is 0.322 e. The van der Waals surface area contributed by atoms with Crippen LogP contribution in [0, 0.1) is 13.8 Å². The number of nitrogens with zero attached hydrogens (tertiary/aromatic N) is 4. The van der Waals surface area contributed by atoms with Crippen LogP contribution in [0.15, 0.2) is 64.5 Å². The number of anilines is 1. The third-order valence-electron chi connectivity index (χ3n) is 5.95. The maximum absolute atomic E-state index is 13.2. The SMILES string of the molecule is CCCCCCn1c(SCC(=O)Nc2c(C)nn(-c3ccccc3)c2C)nc2ccccc2c1=O. The number of hydrogen-bond acceptors (Lipinski definition) is 5. The van der Waals surface area contributed by atoms with Crippen molar-refractivity contribution in [3.8, 4) is 5.69 Å². The van der Waals surface area contributed by atoms with Gasteiger partial charge in [-0.25, -0.2) is 9.67 Å². The quantitative estimate of drug-likeness (QED) is 0.180. The summed E-state index contributed by atoms with van der Waals surface area (Å²) in [6, 6.07) is 17.2. The molecule has 2 aromatic heterocycles. The Bertz CT molecular complexity index is 1380. The van der Waals surface area contributed by atoms with Crippen LogP contribution < -0.4 is 10.9 Å². The molecular formula is C27H31N5O2S. The van der Waals surface area contributed by atoms with Crippen LogP contribution in [0.1, 0.15) is 44.0 Å². The number of amides is 1. The molecule has 0 bridgehead atoms. The van der Waals surface area contributed by atoms with Gasteiger partial charge in [-0.1, -0.05) is 68.3 Å². The maximum atomic E-state index is 13.2. The Hall–Kier alpha value is -3.39. The van der Waals surface area contributed by atoms with E-state index in [2.05, 4.69) is 17.3 Å². The highest BCUT2D eigenvalue weighted by molar-refractivity contribution is 7.99. The van der Waals surface area contributed by atoms with Gasteiger partial charge < -0.3 is 5.32 Å². The Kier molecular flexibility index (Phi) is 8.02. The number of fused-ring (bicyclic) bond motifs is 1. The Labute approximate surface area is 209 Å². The first-order valence-corrected chi connectivity index (χ1v) is 13.0. The lowest BCUT2D eigenvalue weighted by Crippen LogP contribution is -2.24. The van der Waals surface area contributed by atoms with Crippen LogP contribution in [-0.4, -0.2) is 31.0 Å². The second-order valence-corrected chi connectivity index (χ2v) is 9.50. The summed E-state index contributed by atoms with van der Waals surface area (Å²) in [5.74, 6) is -0.0106. The summed E-state index contributed by atoms with van der Waals surface area (Å²) in [4.78, 5) is 30.8. The van der Waals surface area contributed by atoms with Crippen LogP contribution >= 0.6 is 11.8 Å². The summed E-state index contributed by atoms with van der Waals surface area (Å²) in [6.45, 7) is 6.59. The van der Waals surface area contributed by atoms with Gasteiger partial charge in [0.25, 0.3) is 5.56 Å². The van der Waals surface area contributed by atoms with E-state index in [1.54, 1.807) is 4.57 Å². The van der Waals surface area contributed by atoms with Crippen LogP contribution in [0.3, 0.4) is 0 Å². The Morgan fingerprint density at radius 3 is 2.51 bits per heavy atom. The van der Waals surface area contributed by atoms with Crippen LogP contribution in [0.4, 0.5) is 5.69 Å². The molecule has 0 unspecified atom stereocenters. The molecule has 0 fully saturated rings. The molecule has 182 valence electrons. The van der Waals surface area contributed by atoms with Crippen LogP contribution in [0.25, 0.3) is 16.6 Å². The number of hydrogen-bond donors (Lipinski definition) is 1.